The third kappa shape index (κ3) is 2.52. The molecule has 5 rings (SSSR count). The van der Waals surface area contributed by atoms with Gasteiger partial charge in [0.25, 0.3) is 0 Å². The number of hydrogen-bond donors (Lipinski definition) is 0. The van der Waals surface area contributed by atoms with E-state index in [1.807, 2.05) is 0 Å². The van der Waals surface area contributed by atoms with Gasteiger partial charge in [-0.15, -0.1) is 0 Å². The molecule has 0 radical (unpaired) electrons. The molecule has 3 heteroatoms. The summed E-state index contributed by atoms with van der Waals surface area (Å²) in [6, 6.07) is 16.9. The van der Waals surface area contributed by atoms with Crippen molar-refractivity contribution in [3.05, 3.63) is 59.2 Å². The van der Waals surface area contributed by atoms with Crippen molar-refractivity contribution in [2.45, 2.75) is 38.3 Å². The normalized spacial score (nSPS) is 24.5. The van der Waals surface area contributed by atoms with Crippen molar-refractivity contribution in [3.63, 3.8) is 0 Å². The van der Waals surface area contributed by atoms with E-state index in [0.29, 0.717) is 12.0 Å². The summed E-state index contributed by atoms with van der Waals surface area (Å²) in [6.07, 6.45) is 2.41. The lowest BCUT2D eigenvalue weighted by molar-refractivity contribution is 0.186. The molecule has 3 nitrogen and oxygen atoms in total. The van der Waals surface area contributed by atoms with E-state index >= 15 is 0 Å². The molecule has 0 spiro atoms. The average Bonchev–Trinajstić information content (AvgIpc) is 3.00. The molecular weight excluding hydrogens is 318 g/mol. The number of likely N-dealkylation sites (tertiary alicyclic amines) is 1. The third-order valence-electron chi connectivity index (χ3n) is 6.72. The molecule has 2 aromatic carbocycles. The van der Waals surface area contributed by atoms with Crippen molar-refractivity contribution < 1.29 is 0 Å². The van der Waals surface area contributed by atoms with Crippen molar-refractivity contribution in [1.29, 1.82) is 0 Å². The van der Waals surface area contributed by atoms with Gasteiger partial charge in [-0.05, 0) is 35.6 Å². The Morgan fingerprint density at radius 2 is 1.77 bits per heavy atom. The van der Waals surface area contributed by atoms with Crippen molar-refractivity contribution in [2.24, 2.45) is 0 Å². The minimum Gasteiger partial charge on any atom is -0.371 e. The topological polar surface area (TPSA) is 9.72 Å². The van der Waals surface area contributed by atoms with Crippen LogP contribution in [0.4, 0.5) is 11.4 Å². The van der Waals surface area contributed by atoms with E-state index in [2.05, 4.69) is 71.1 Å². The maximum Gasteiger partial charge on any atom is 0.0644 e. The number of piperidine rings is 1. The minimum atomic E-state index is 0.667. The Kier molecular flexibility index (Phi) is 3.93. The predicted molar refractivity (Wildman–Crippen MR) is 109 cm³/mol. The predicted octanol–water partition coefficient (Wildman–Crippen LogP) is 3.88. The Labute approximate surface area is 157 Å². The fourth-order valence-corrected chi connectivity index (χ4v) is 5.26. The lowest BCUT2D eigenvalue weighted by Gasteiger charge is -2.41. The fourth-order valence-electron chi connectivity index (χ4n) is 5.26. The fraction of sp³-hybridized carbons (Fsp3) is 0.478. The van der Waals surface area contributed by atoms with Gasteiger partial charge >= 0.3 is 0 Å². The second-order valence-electron chi connectivity index (χ2n) is 8.20. The first kappa shape index (κ1) is 16.2. The first-order chi connectivity index (χ1) is 12.7. The SMILES string of the molecule is CCc1ccc(CN2CCC3C(C2)c2cccc4c2N3CCN4C)cc1. The van der Waals surface area contributed by atoms with E-state index < -0.39 is 0 Å². The van der Waals surface area contributed by atoms with Gasteiger partial charge in [0.2, 0.25) is 0 Å². The number of para-hydroxylation sites is 1. The molecule has 2 unspecified atom stereocenters. The second-order valence-corrected chi connectivity index (χ2v) is 8.20. The monoisotopic (exact) mass is 347 g/mol. The summed E-state index contributed by atoms with van der Waals surface area (Å²) in [5, 5.41) is 0. The Balaban J connectivity index is 1.38. The maximum absolute atomic E-state index is 2.72. The highest BCUT2D eigenvalue weighted by atomic mass is 15.3. The molecule has 1 fully saturated rings. The molecule has 0 saturated carbocycles. The van der Waals surface area contributed by atoms with E-state index in [0.717, 1.165) is 19.5 Å². The van der Waals surface area contributed by atoms with E-state index in [1.54, 1.807) is 5.56 Å². The second kappa shape index (κ2) is 6.31. The molecule has 0 amide bonds. The standard InChI is InChI=1S/C23H29N3/c1-3-17-7-9-18(10-8-17)15-25-12-11-21-20(16-25)19-5-4-6-22-23(19)26(21)14-13-24(22)2/h4-10,20-21H,3,11-16H2,1-2H3. The molecule has 3 heterocycles. The number of anilines is 2. The highest BCUT2D eigenvalue weighted by molar-refractivity contribution is 5.80. The molecule has 0 aromatic heterocycles. The number of nitrogens with zero attached hydrogens (tertiary/aromatic N) is 3. The molecule has 3 aliphatic heterocycles. The van der Waals surface area contributed by atoms with Gasteiger partial charge in [-0.1, -0.05) is 43.3 Å². The van der Waals surface area contributed by atoms with Gasteiger partial charge in [0, 0.05) is 51.7 Å². The Morgan fingerprint density at radius 1 is 0.962 bits per heavy atom. The van der Waals surface area contributed by atoms with E-state index in [1.165, 1.54) is 48.6 Å². The van der Waals surface area contributed by atoms with Gasteiger partial charge in [0.15, 0.2) is 0 Å². The minimum absolute atomic E-state index is 0.667. The molecule has 0 N–H and O–H groups in total. The van der Waals surface area contributed by atoms with Crippen molar-refractivity contribution in [3.8, 4) is 0 Å². The van der Waals surface area contributed by atoms with Gasteiger partial charge in [-0.3, -0.25) is 4.90 Å². The Morgan fingerprint density at radius 3 is 2.58 bits per heavy atom. The van der Waals surface area contributed by atoms with E-state index in [9.17, 15) is 0 Å². The quantitative estimate of drug-likeness (QED) is 0.834. The van der Waals surface area contributed by atoms with Crippen LogP contribution in [0.5, 0.6) is 0 Å². The van der Waals surface area contributed by atoms with Crippen LogP contribution in [0.3, 0.4) is 0 Å². The first-order valence-corrected chi connectivity index (χ1v) is 10.2. The van der Waals surface area contributed by atoms with Crippen molar-refractivity contribution in [1.82, 2.24) is 4.90 Å². The lowest BCUT2D eigenvalue weighted by Crippen LogP contribution is -2.49. The third-order valence-corrected chi connectivity index (χ3v) is 6.72. The van der Waals surface area contributed by atoms with Gasteiger partial charge in [0.1, 0.15) is 0 Å². The van der Waals surface area contributed by atoms with Crippen LogP contribution in [-0.4, -0.2) is 44.2 Å². The van der Waals surface area contributed by atoms with Crippen molar-refractivity contribution in [2.75, 3.05) is 43.0 Å². The summed E-state index contributed by atoms with van der Waals surface area (Å²) in [7, 11) is 2.24. The van der Waals surface area contributed by atoms with E-state index in [4.69, 9.17) is 0 Å². The number of benzene rings is 2. The summed E-state index contributed by atoms with van der Waals surface area (Å²) >= 11 is 0. The average molecular weight is 348 g/mol. The summed E-state index contributed by atoms with van der Waals surface area (Å²) < 4.78 is 0. The zero-order valence-electron chi connectivity index (χ0n) is 16.0. The zero-order chi connectivity index (χ0) is 17.7. The van der Waals surface area contributed by atoms with E-state index in [-0.39, 0.29) is 0 Å². The number of rotatable bonds is 3. The van der Waals surface area contributed by atoms with Crippen LogP contribution in [0.2, 0.25) is 0 Å². The highest BCUT2D eigenvalue weighted by Gasteiger charge is 2.44. The maximum atomic E-state index is 2.72. The van der Waals surface area contributed by atoms with Crippen molar-refractivity contribution >= 4 is 11.4 Å². The Bertz CT molecular complexity index is 798. The molecule has 2 aromatic rings. The van der Waals surface area contributed by atoms with Gasteiger partial charge in [-0.2, -0.15) is 0 Å². The molecule has 2 atom stereocenters. The molecular formula is C23H29N3. The molecule has 1 saturated heterocycles. The van der Waals surface area contributed by atoms with Gasteiger partial charge < -0.3 is 9.80 Å². The molecule has 26 heavy (non-hydrogen) atoms. The lowest BCUT2D eigenvalue weighted by atomic mass is 9.88. The number of hydrogen-bond acceptors (Lipinski definition) is 3. The van der Waals surface area contributed by atoms with Gasteiger partial charge in [0.05, 0.1) is 11.4 Å². The molecule has 0 bridgehead atoms. The number of aryl methyl sites for hydroxylation is 1. The molecule has 0 aliphatic carbocycles. The van der Waals surface area contributed by atoms with Crippen LogP contribution in [0, 0.1) is 0 Å². The van der Waals surface area contributed by atoms with Crippen LogP contribution >= 0.6 is 0 Å². The van der Waals surface area contributed by atoms with Crippen LogP contribution in [0.1, 0.15) is 36.0 Å². The largest absolute Gasteiger partial charge is 0.371 e. The summed E-state index contributed by atoms with van der Waals surface area (Å²) in [5.41, 5.74) is 7.44. The van der Waals surface area contributed by atoms with Crippen LogP contribution in [-0.2, 0) is 13.0 Å². The highest BCUT2D eigenvalue weighted by Crippen LogP contribution is 2.50. The molecule has 3 aliphatic rings. The number of likely N-dealkylation sites (N-methyl/N-ethyl adjacent to an activating group) is 1. The van der Waals surface area contributed by atoms with Crippen LogP contribution < -0.4 is 9.80 Å². The summed E-state index contributed by atoms with van der Waals surface area (Å²) in [6.45, 7) is 8.04. The number of fused-ring (bicyclic) bond motifs is 3. The Hall–Kier alpha value is -2.00. The first-order valence-electron chi connectivity index (χ1n) is 10.2. The van der Waals surface area contributed by atoms with Crippen LogP contribution in [0.25, 0.3) is 0 Å². The van der Waals surface area contributed by atoms with Gasteiger partial charge in [-0.25, -0.2) is 0 Å². The zero-order valence-corrected chi connectivity index (χ0v) is 16.0. The van der Waals surface area contributed by atoms with Crippen LogP contribution in [0.15, 0.2) is 42.5 Å². The smallest absolute Gasteiger partial charge is 0.0644 e. The summed E-state index contributed by atoms with van der Waals surface area (Å²) in [4.78, 5) is 7.83. The summed E-state index contributed by atoms with van der Waals surface area (Å²) in [5.74, 6) is 0.667. The molecule has 136 valence electrons.